The molecule has 2 aromatic rings. The third-order valence-corrected chi connectivity index (χ3v) is 4.26. The Morgan fingerprint density at radius 2 is 1.74 bits per heavy atom. The maximum Gasteiger partial charge on any atom is 0.224 e. The molecule has 0 radical (unpaired) electrons. The van der Waals surface area contributed by atoms with Gasteiger partial charge in [0.1, 0.15) is 0 Å². The zero-order valence-electron chi connectivity index (χ0n) is 16.2. The minimum absolute atomic E-state index is 0.0570. The van der Waals surface area contributed by atoms with Crippen molar-refractivity contribution in [1.29, 1.82) is 0 Å². The van der Waals surface area contributed by atoms with Gasteiger partial charge < -0.3 is 19.7 Å². The fourth-order valence-electron chi connectivity index (χ4n) is 2.86. The fourth-order valence-corrected chi connectivity index (χ4v) is 2.86. The molecule has 0 aliphatic heterocycles. The molecule has 0 bridgehead atoms. The first-order valence-electron chi connectivity index (χ1n) is 8.77. The number of anilines is 1. The van der Waals surface area contributed by atoms with Crippen LogP contribution in [0.1, 0.15) is 18.1 Å². The van der Waals surface area contributed by atoms with Gasteiger partial charge in [0, 0.05) is 25.7 Å². The van der Waals surface area contributed by atoms with E-state index in [-0.39, 0.29) is 18.2 Å². The summed E-state index contributed by atoms with van der Waals surface area (Å²) in [5, 5.41) is 2.87. The number of hydrogen-bond acceptors (Lipinski definition) is 4. The number of carbonyl (C=O) groups is 2. The number of rotatable bonds is 8. The molecule has 0 fully saturated rings. The van der Waals surface area contributed by atoms with E-state index in [0.717, 1.165) is 16.8 Å². The Kier molecular flexibility index (Phi) is 7.23. The van der Waals surface area contributed by atoms with Crippen LogP contribution in [0.4, 0.5) is 5.69 Å². The van der Waals surface area contributed by atoms with Crippen molar-refractivity contribution < 1.29 is 19.1 Å². The number of para-hydroxylation sites is 1. The van der Waals surface area contributed by atoms with E-state index in [1.807, 2.05) is 37.3 Å². The largest absolute Gasteiger partial charge is 0.493 e. The van der Waals surface area contributed by atoms with Crippen molar-refractivity contribution in [3.8, 4) is 11.5 Å². The summed E-state index contributed by atoms with van der Waals surface area (Å²) in [6, 6.07) is 13.1. The van der Waals surface area contributed by atoms with Crippen molar-refractivity contribution in [3.05, 3.63) is 53.6 Å². The summed E-state index contributed by atoms with van der Waals surface area (Å²) in [6.07, 6.45) is 0.227. The first-order chi connectivity index (χ1) is 13.0. The lowest BCUT2D eigenvalue weighted by molar-refractivity contribution is -0.121. The number of amides is 2. The van der Waals surface area contributed by atoms with Gasteiger partial charge in [-0.25, -0.2) is 0 Å². The SMILES string of the molecule is COc1ccc(CC(=O)NCCN(C(C)=O)c2ccccc2C)cc1OC. The smallest absolute Gasteiger partial charge is 0.224 e. The van der Waals surface area contributed by atoms with Gasteiger partial charge in [-0.15, -0.1) is 0 Å². The molecule has 0 aliphatic rings. The normalized spacial score (nSPS) is 10.2. The Morgan fingerprint density at radius 3 is 2.37 bits per heavy atom. The maximum atomic E-state index is 12.2. The zero-order chi connectivity index (χ0) is 19.8. The summed E-state index contributed by atoms with van der Waals surface area (Å²) in [5.41, 5.74) is 2.70. The van der Waals surface area contributed by atoms with Gasteiger partial charge in [0.25, 0.3) is 0 Å². The fraction of sp³-hybridized carbons (Fsp3) is 0.333. The van der Waals surface area contributed by atoms with Crippen LogP contribution in [-0.2, 0) is 16.0 Å². The van der Waals surface area contributed by atoms with Crippen molar-refractivity contribution >= 4 is 17.5 Å². The molecule has 0 aliphatic carbocycles. The van der Waals surface area contributed by atoms with Crippen molar-refractivity contribution in [2.24, 2.45) is 0 Å². The molecule has 6 nitrogen and oxygen atoms in total. The Bertz CT molecular complexity index is 805. The van der Waals surface area contributed by atoms with Gasteiger partial charge in [0.15, 0.2) is 11.5 Å². The minimum atomic E-state index is -0.115. The number of aryl methyl sites for hydroxylation is 1. The second kappa shape index (κ2) is 9.62. The van der Waals surface area contributed by atoms with Crippen molar-refractivity contribution in [2.45, 2.75) is 20.3 Å². The van der Waals surface area contributed by atoms with E-state index in [2.05, 4.69) is 5.32 Å². The standard InChI is InChI=1S/C21H26N2O4/c1-15-7-5-6-8-18(15)23(16(2)24)12-11-22-21(25)14-17-9-10-19(26-3)20(13-17)27-4/h5-10,13H,11-12,14H2,1-4H3,(H,22,25). The molecule has 2 aromatic carbocycles. The predicted octanol–water partition coefficient (Wildman–Crippen LogP) is 2.72. The number of nitrogens with zero attached hydrogens (tertiary/aromatic N) is 1. The second-order valence-corrected chi connectivity index (χ2v) is 6.17. The van der Waals surface area contributed by atoms with E-state index in [0.29, 0.717) is 24.6 Å². The van der Waals surface area contributed by atoms with Crippen LogP contribution in [0.5, 0.6) is 11.5 Å². The molecule has 144 valence electrons. The molecule has 2 rings (SSSR count). The molecular weight excluding hydrogens is 344 g/mol. The van der Waals surface area contributed by atoms with Gasteiger partial charge in [-0.2, -0.15) is 0 Å². The molecule has 2 amide bonds. The van der Waals surface area contributed by atoms with Crippen LogP contribution in [0.15, 0.2) is 42.5 Å². The number of methoxy groups -OCH3 is 2. The molecule has 0 unspecified atom stereocenters. The average molecular weight is 370 g/mol. The first kappa shape index (κ1) is 20.3. The number of hydrogen-bond donors (Lipinski definition) is 1. The lowest BCUT2D eigenvalue weighted by Crippen LogP contribution is -2.38. The summed E-state index contributed by atoms with van der Waals surface area (Å²) >= 11 is 0. The highest BCUT2D eigenvalue weighted by Gasteiger charge is 2.14. The molecule has 0 atom stereocenters. The second-order valence-electron chi connectivity index (χ2n) is 6.17. The molecule has 27 heavy (non-hydrogen) atoms. The quantitative estimate of drug-likeness (QED) is 0.776. The molecule has 0 saturated carbocycles. The van der Waals surface area contributed by atoms with Gasteiger partial charge in [-0.05, 0) is 36.2 Å². The predicted molar refractivity (Wildman–Crippen MR) is 105 cm³/mol. The monoisotopic (exact) mass is 370 g/mol. The molecular formula is C21H26N2O4. The zero-order valence-corrected chi connectivity index (χ0v) is 16.2. The van der Waals surface area contributed by atoms with E-state index < -0.39 is 0 Å². The highest BCUT2D eigenvalue weighted by atomic mass is 16.5. The highest BCUT2D eigenvalue weighted by molar-refractivity contribution is 5.92. The Balaban J connectivity index is 1.93. The topological polar surface area (TPSA) is 67.9 Å². The van der Waals surface area contributed by atoms with E-state index in [4.69, 9.17) is 9.47 Å². The minimum Gasteiger partial charge on any atom is -0.493 e. The van der Waals surface area contributed by atoms with Crippen LogP contribution in [0, 0.1) is 6.92 Å². The van der Waals surface area contributed by atoms with Gasteiger partial charge >= 0.3 is 0 Å². The number of nitrogens with one attached hydrogen (secondary N) is 1. The highest BCUT2D eigenvalue weighted by Crippen LogP contribution is 2.27. The van der Waals surface area contributed by atoms with Crippen LogP contribution < -0.4 is 19.7 Å². The summed E-state index contributed by atoms with van der Waals surface area (Å²) in [6.45, 7) is 4.27. The third-order valence-electron chi connectivity index (χ3n) is 4.26. The van der Waals surface area contributed by atoms with E-state index in [1.54, 1.807) is 31.3 Å². The molecule has 1 N–H and O–H groups in total. The maximum absolute atomic E-state index is 12.2. The van der Waals surface area contributed by atoms with Crippen molar-refractivity contribution in [3.63, 3.8) is 0 Å². The Morgan fingerprint density at radius 1 is 1.04 bits per heavy atom. The molecule has 6 heteroatoms. The van der Waals surface area contributed by atoms with Crippen LogP contribution in [-0.4, -0.2) is 39.1 Å². The summed E-state index contributed by atoms with van der Waals surface area (Å²) in [7, 11) is 3.13. The summed E-state index contributed by atoms with van der Waals surface area (Å²) < 4.78 is 10.5. The van der Waals surface area contributed by atoms with E-state index >= 15 is 0 Å². The number of ether oxygens (including phenoxy) is 2. The van der Waals surface area contributed by atoms with Crippen molar-refractivity contribution in [2.75, 3.05) is 32.2 Å². The molecule has 0 aromatic heterocycles. The van der Waals surface area contributed by atoms with Crippen molar-refractivity contribution in [1.82, 2.24) is 5.32 Å². The third kappa shape index (κ3) is 5.48. The van der Waals surface area contributed by atoms with Gasteiger partial charge in [-0.1, -0.05) is 24.3 Å². The van der Waals surface area contributed by atoms with Crippen LogP contribution in [0.3, 0.4) is 0 Å². The van der Waals surface area contributed by atoms with Gasteiger partial charge in [-0.3, -0.25) is 9.59 Å². The molecule has 0 heterocycles. The first-order valence-corrected chi connectivity index (χ1v) is 8.77. The van der Waals surface area contributed by atoms with Crippen LogP contribution in [0.25, 0.3) is 0 Å². The van der Waals surface area contributed by atoms with Crippen LogP contribution >= 0.6 is 0 Å². The molecule has 0 saturated heterocycles. The number of benzene rings is 2. The number of carbonyl (C=O) groups excluding carboxylic acids is 2. The average Bonchev–Trinajstić information content (AvgIpc) is 2.65. The van der Waals surface area contributed by atoms with E-state index in [1.165, 1.54) is 6.92 Å². The lowest BCUT2D eigenvalue weighted by atomic mass is 10.1. The van der Waals surface area contributed by atoms with Gasteiger partial charge in [0.2, 0.25) is 11.8 Å². The summed E-state index contributed by atoms with van der Waals surface area (Å²) in [5.74, 6) is 1.04. The van der Waals surface area contributed by atoms with Gasteiger partial charge in [0.05, 0.1) is 20.6 Å². The van der Waals surface area contributed by atoms with E-state index in [9.17, 15) is 9.59 Å². The Labute approximate surface area is 160 Å². The Hall–Kier alpha value is -3.02. The van der Waals surface area contributed by atoms with Crippen LogP contribution in [0.2, 0.25) is 0 Å². The molecule has 0 spiro atoms. The summed E-state index contributed by atoms with van der Waals surface area (Å²) in [4.78, 5) is 25.9. The lowest BCUT2D eigenvalue weighted by Gasteiger charge is -2.23.